The Morgan fingerprint density at radius 2 is 2.33 bits per heavy atom. The molecule has 1 amide bonds. The molecule has 0 aliphatic carbocycles. The number of rotatable bonds is 3. The van der Waals surface area contributed by atoms with E-state index in [0.717, 1.165) is 6.20 Å². The minimum absolute atomic E-state index is 0.0563. The van der Waals surface area contributed by atoms with E-state index in [1.54, 1.807) is 11.9 Å². The third-order valence-corrected chi connectivity index (χ3v) is 3.09. The molecular weight excluding hydrogens is 263 g/mol. The van der Waals surface area contributed by atoms with E-state index in [4.69, 9.17) is 0 Å². The zero-order valence-electron chi connectivity index (χ0n) is 8.58. The lowest BCUT2D eigenvalue weighted by Crippen LogP contribution is -2.36. The summed E-state index contributed by atoms with van der Waals surface area (Å²) in [7, 11) is 1.68. The standard InChI is InChI=1S/C10H12BrFN2O/c1-7(4-11)14(2)10(15)8-3-9(12)6-13-5-8/h3,5-7H,4H2,1-2H3. The third kappa shape index (κ3) is 2.99. The minimum Gasteiger partial charge on any atom is -0.338 e. The first-order valence-electron chi connectivity index (χ1n) is 4.50. The normalized spacial score (nSPS) is 12.3. The molecule has 0 bridgehead atoms. The fourth-order valence-corrected chi connectivity index (χ4v) is 1.47. The van der Waals surface area contributed by atoms with Crippen molar-refractivity contribution in [3.05, 3.63) is 29.8 Å². The molecule has 0 N–H and O–H groups in total. The third-order valence-electron chi connectivity index (χ3n) is 2.16. The minimum atomic E-state index is -0.499. The van der Waals surface area contributed by atoms with Crippen LogP contribution in [0, 0.1) is 5.82 Å². The molecule has 1 atom stereocenters. The van der Waals surface area contributed by atoms with Gasteiger partial charge in [0, 0.05) is 24.6 Å². The number of carbonyl (C=O) groups is 1. The Hall–Kier alpha value is -0.970. The fourth-order valence-electron chi connectivity index (χ4n) is 1.04. The van der Waals surface area contributed by atoms with E-state index in [1.807, 2.05) is 6.92 Å². The molecule has 0 saturated heterocycles. The van der Waals surface area contributed by atoms with Crippen molar-refractivity contribution < 1.29 is 9.18 Å². The highest BCUT2D eigenvalue weighted by Crippen LogP contribution is 2.08. The van der Waals surface area contributed by atoms with Crippen LogP contribution in [0.15, 0.2) is 18.5 Å². The molecule has 3 nitrogen and oxygen atoms in total. The van der Waals surface area contributed by atoms with Gasteiger partial charge in [-0.25, -0.2) is 4.39 Å². The number of hydrogen-bond acceptors (Lipinski definition) is 2. The number of nitrogens with zero attached hydrogens (tertiary/aromatic N) is 2. The summed E-state index contributed by atoms with van der Waals surface area (Å²) in [6.45, 7) is 1.90. The summed E-state index contributed by atoms with van der Waals surface area (Å²) < 4.78 is 12.8. The number of alkyl halides is 1. The zero-order valence-corrected chi connectivity index (χ0v) is 10.2. The highest BCUT2D eigenvalue weighted by Gasteiger charge is 2.17. The molecule has 1 rings (SSSR count). The maximum atomic E-state index is 12.8. The Labute approximate surface area is 96.4 Å². The first-order valence-corrected chi connectivity index (χ1v) is 5.62. The molecule has 0 spiro atoms. The van der Waals surface area contributed by atoms with Crippen molar-refractivity contribution >= 4 is 21.8 Å². The lowest BCUT2D eigenvalue weighted by atomic mass is 10.2. The van der Waals surface area contributed by atoms with Crippen LogP contribution in [-0.4, -0.2) is 34.2 Å². The molecule has 5 heteroatoms. The largest absolute Gasteiger partial charge is 0.338 e. The van der Waals surface area contributed by atoms with Gasteiger partial charge in [-0.1, -0.05) is 15.9 Å². The number of carbonyl (C=O) groups excluding carboxylic acids is 1. The average Bonchev–Trinajstić information content (AvgIpc) is 2.26. The van der Waals surface area contributed by atoms with Crippen LogP contribution in [-0.2, 0) is 0 Å². The smallest absolute Gasteiger partial charge is 0.255 e. The van der Waals surface area contributed by atoms with E-state index >= 15 is 0 Å². The molecule has 15 heavy (non-hydrogen) atoms. The summed E-state index contributed by atoms with van der Waals surface area (Å²) in [4.78, 5) is 17.0. The van der Waals surface area contributed by atoms with Gasteiger partial charge in [-0.3, -0.25) is 9.78 Å². The van der Waals surface area contributed by atoms with Crippen molar-refractivity contribution in [1.82, 2.24) is 9.88 Å². The summed E-state index contributed by atoms with van der Waals surface area (Å²) in [6, 6.07) is 1.24. The summed E-state index contributed by atoms with van der Waals surface area (Å²) in [5, 5.41) is 0.679. The Bertz CT molecular complexity index is 359. The lowest BCUT2D eigenvalue weighted by Gasteiger charge is -2.22. The van der Waals surface area contributed by atoms with Crippen molar-refractivity contribution in [3.8, 4) is 0 Å². The molecular formula is C10H12BrFN2O. The number of amides is 1. The van der Waals surface area contributed by atoms with Gasteiger partial charge >= 0.3 is 0 Å². The Balaban J connectivity index is 2.85. The zero-order chi connectivity index (χ0) is 11.4. The van der Waals surface area contributed by atoms with Gasteiger partial charge in [0.15, 0.2) is 0 Å². The molecule has 1 unspecified atom stereocenters. The summed E-state index contributed by atoms with van der Waals surface area (Å²) in [5.41, 5.74) is 0.269. The molecule has 0 aromatic carbocycles. The molecule has 1 heterocycles. The van der Waals surface area contributed by atoms with Gasteiger partial charge in [0.1, 0.15) is 5.82 Å². The van der Waals surface area contributed by atoms with Crippen molar-refractivity contribution in [1.29, 1.82) is 0 Å². The van der Waals surface area contributed by atoms with Gasteiger partial charge in [0.05, 0.1) is 11.8 Å². The second-order valence-corrected chi connectivity index (χ2v) is 3.96. The van der Waals surface area contributed by atoms with Gasteiger partial charge in [-0.2, -0.15) is 0 Å². The van der Waals surface area contributed by atoms with Crippen molar-refractivity contribution in [2.24, 2.45) is 0 Å². The van der Waals surface area contributed by atoms with Gasteiger partial charge in [0.2, 0.25) is 0 Å². The van der Waals surface area contributed by atoms with Crippen LogP contribution in [0.2, 0.25) is 0 Å². The maximum Gasteiger partial charge on any atom is 0.255 e. The monoisotopic (exact) mass is 274 g/mol. The first kappa shape index (κ1) is 12.1. The predicted molar refractivity (Wildman–Crippen MR) is 59.5 cm³/mol. The summed E-state index contributed by atoms with van der Waals surface area (Å²) in [5.74, 6) is -0.727. The Morgan fingerprint density at radius 1 is 1.67 bits per heavy atom. The van der Waals surface area contributed by atoms with Crippen LogP contribution in [0.5, 0.6) is 0 Å². The quantitative estimate of drug-likeness (QED) is 0.791. The van der Waals surface area contributed by atoms with Crippen LogP contribution >= 0.6 is 15.9 Å². The molecule has 0 aliphatic rings. The van der Waals surface area contributed by atoms with Crippen molar-refractivity contribution in [2.45, 2.75) is 13.0 Å². The van der Waals surface area contributed by atoms with E-state index in [0.29, 0.717) is 5.33 Å². The molecule has 0 saturated carbocycles. The first-order chi connectivity index (χ1) is 7.06. The van der Waals surface area contributed by atoms with Crippen molar-refractivity contribution in [2.75, 3.05) is 12.4 Å². The van der Waals surface area contributed by atoms with Crippen LogP contribution in [0.3, 0.4) is 0 Å². The summed E-state index contributed by atoms with van der Waals surface area (Å²) in [6.07, 6.45) is 2.44. The molecule has 1 aromatic heterocycles. The van der Waals surface area contributed by atoms with E-state index in [-0.39, 0.29) is 17.5 Å². The van der Waals surface area contributed by atoms with Crippen molar-refractivity contribution in [3.63, 3.8) is 0 Å². The van der Waals surface area contributed by atoms with E-state index in [9.17, 15) is 9.18 Å². The van der Waals surface area contributed by atoms with Crippen LogP contribution in [0.25, 0.3) is 0 Å². The average molecular weight is 275 g/mol. The van der Waals surface area contributed by atoms with Crippen LogP contribution in [0.1, 0.15) is 17.3 Å². The molecule has 0 aliphatic heterocycles. The highest BCUT2D eigenvalue weighted by atomic mass is 79.9. The second kappa shape index (κ2) is 5.21. The number of pyridine rings is 1. The SMILES string of the molecule is CC(CBr)N(C)C(=O)c1cncc(F)c1. The molecule has 0 radical (unpaired) electrons. The van der Waals surface area contributed by atoms with Crippen LogP contribution < -0.4 is 0 Å². The highest BCUT2D eigenvalue weighted by molar-refractivity contribution is 9.09. The fraction of sp³-hybridized carbons (Fsp3) is 0.400. The number of aromatic nitrogens is 1. The van der Waals surface area contributed by atoms with Crippen LogP contribution in [0.4, 0.5) is 4.39 Å². The van der Waals surface area contributed by atoms with E-state index < -0.39 is 5.82 Å². The maximum absolute atomic E-state index is 12.8. The van der Waals surface area contributed by atoms with Gasteiger partial charge in [0.25, 0.3) is 5.91 Å². The Morgan fingerprint density at radius 3 is 2.87 bits per heavy atom. The van der Waals surface area contributed by atoms with Gasteiger partial charge in [-0.05, 0) is 13.0 Å². The number of hydrogen-bond donors (Lipinski definition) is 0. The molecule has 1 aromatic rings. The van der Waals surface area contributed by atoms with Gasteiger partial charge < -0.3 is 4.90 Å². The number of halogens is 2. The van der Waals surface area contributed by atoms with E-state index in [1.165, 1.54) is 12.3 Å². The van der Waals surface area contributed by atoms with Gasteiger partial charge in [-0.15, -0.1) is 0 Å². The second-order valence-electron chi connectivity index (χ2n) is 3.31. The topological polar surface area (TPSA) is 33.2 Å². The molecule has 82 valence electrons. The molecule has 0 fully saturated rings. The van der Waals surface area contributed by atoms with E-state index in [2.05, 4.69) is 20.9 Å². The lowest BCUT2D eigenvalue weighted by molar-refractivity contribution is 0.0757. The summed E-state index contributed by atoms with van der Waals surface area (Å²) >= 11 is 3.29. The Kier molecular flexibility index (Phi) is 4.20. The predicted octanol–water partition coefficient (Wildman–Crippen LogP) is 2.08.